The summed E-state index contributed by atoms with van der Waals surface area (Å²) in [6, 6.07) is 7.81. The SMILES string of the molecule is O=C(NCCc1cccs1)c1c[nH]c2ccc(F)cc2c1=O. The Morgan fingerprint density at radius 2 is 2.18 bits per heavy atom. The van der Waals surface area contributed by atoms with Crippen molar-refractivity contribution in [2.45, 2.75) is 6.42 Å². The molecule has 22 heavy (non-hydrogen) atoms. The van der Waals surface area contributed by atoms with Gasteiger partial charge in [-0.2, -0.15) is 0 Å². The van der Waals surface area contributed by atoms with Crippen LogP contribution >= 0.6 is 11.3 Å². The second-order valence-corrected chi connectivity index (χ2v) is 5.84. The molecule has 0 saturated heterocycles. The molecule has 3 rings (SSSR count). The van der Waals surface area contributed by atoms with Gasteiger partial charge in [0.1, 0.15) is 11.4 Å². The lowest BCUT2D eigenvalue weighted by atomic mass is 10.1. The van der Waals surface area contributed by atoms with E-state index in [1.54, 1.807) is 11.3 Å². The third kappa shape index (κ3) is 2.92. The molecule has 0 saturated carbocycles. The molecule has 0 radical (unpaired) electrons. The molecule has 1 aromatic carbocycles. The van der Waals surface area contributed by atoms with Crippen LogP contribution in [0, 0.1) is 5.82 Å². The summed E-state index contributed by atoms with van der Waals surface area (Å²) >= 11 is 1.62. The Hall–Kier alpha value is -2.47. The largest absolute Gasteiger partial charge is 0.360 e. The molecule has 3 aromatic rings. The minimum atomic E-state index is -0.506. The summed E-state index contributed by atoms with van der Waals surface area (Å²) in [6.07, 6.45) is 2.08. The maximum atomic E-state index is 13.3. The summed E-state index contributed by atoms with van der Waals surface area (Å²) in [7, 11) is 0. The maximum absolute atomic E-state index is 13.3. The first-order valence-corrected chi connectivity index (χ1v) is 7.64. The lowest BCUT2D eigenvalue weighted by Crippen LogP contribution is -2.30. The van der Waals surface area contributed by atoms with E-state index in [0.717, 1.165) is 10.9 Å². The zero-order valence-corrected chi connectivity index (χ0v) is 12.4. The van der Waals surface area contributed by atoms with Crippen LogP contribution in [0.5, 0.6) is 0 Å². The van der Waals surface area contributed by atoms with E-state index in [4.69, 9.17) is 0 Å². The fraction of sp³-hybridized carbons (Fsp3) is 0.125. The number of pyridine rings is 1. The predicted molar refractivity (Wildman–Crippen MR) is 84.9 cm³/mol. The molecular formula is C16H13FN2O2S. The number of rotatable bonds is 4. The molecule has 0 aliphatic rings. The van der Waals surface area contributed by atoms with Crippen molar-refractivity contribution in [3.8, 4) is 0 Å². The highest BCUT2D eigenvalue weighted by atomic mass is 32.1. The van der Waals surface area contributed by atoms with Gasteiger partial charge in [-0.15, -0.1) is 11.3 Å². The Bertz CT molecular complexity index is 871. The molecule has 112 valence electrons. The van der Waals surface area contributed by atoms with Gasteiger partial charge >= 0.3 is 0 Å². The van der Waals surface area contributed by atoms with Crippen LogP contribution < -0.4 is 10.7 Å². The summed E-state index contributed by atoms with van der Waals surface area (Å²) in [5.41, 5.74) is 0.0210. The van der Waals surface area contributed by atoms with Gasteiger partial charge in [0.2, 0.25) is 5.43 Å². The van der Waals surface area contributed by atoms with E-state index in [9.17, 15) is 14.0 Å². The lowest BCUT2D eigenvalue weighted by Gasteiger charge is -2.05. The Labute approximate surface area is 129 Å². The summed E-state index contributed by atoms with van der Waals surface area (Å²) in [5.74, 6) is -0.961. The standard InChI is InChI=1S/C16H13FN2O2S/c17-10-3-4-14-12(8-10)15(20)13(9-19-14)16(21)18-6-5-11-2-1-7-22-11/h1-4,7-9H,5-6H2,(H,18,21)(H,19,20). The molecule has 0 aliphatic carbocycles. The van der Waals surface area contributed by atoms with Gasteiger partial charge in [-0.1, -0.05) is 6.07 Å². The molecule has 0 unspecified atom stereocenters. The van der Waals surface area contributed by atoms with Crippen LogP contribution in [0.1, 0.15) is 15.2 Å². The van der Waals surface area contributed by atoms with Crippen LogP contribution in [0.4, 0.5) is 4.39 Å². The second kappa shape index (κ2) is 6.11. The van der Waals surface area contributed by atoms with E-state index in [1.807, 2.05) is 17.5 Å². The fourth-order valence-electron chi connectivity index (χ4n) is 2.21. The van der Waals surface area contributed by atoms with E-state index in [2.05, 4.69) is 10.3 Å². The fourth-order valence-corrected chi connectivity index (χ4v) is 2.92. The first kappa shape index (κ1) is 14.5. The average molecular weight is 316 g/mol. The van der Waals surface area contributed by atoms with Crippen molar-refractivity contribution < 1.29 is 9.18 Å². The maximum Gasteiger partial charge on any atom is 0.256 e. The number of aromatic nitrogens is 1. The molecule has 0 fully saturated rings. The average Bonchev–Trinajstić information content (AvgIpc) is 3.01. The number of hydrogen-bond donors (Lipinski definition) is 2. The Kier molecular flexibility index (Phi) is 4.02. The van der Waals surface area contributed by atoms with Crippen molar-refractivity contribution >= 4 is 28.1 Å². The molecule has 0 aliphatic heterocycles. The van der Waals surface area contributed by atoms with Gasteiger partial charge in [0.05, 0.1) is 0 Å². The monoisotopic (exact) mass is 316 g/mol. The smallest absolute Gasteiger partial charge is 0.256 e. The van der Waals surface area contributed by atoms with Gasteiger partial charge in [0.25, 0.3) is 5.91 Å². The van der Waals surface area contributed by atoms with Gasteiger partial charge in [-0.25, -0.2) is 4.39 Å². The number of thiophene rings is 1. The van der Waals surface area contributed by atoms with Crippen LogP contribution in [-0.2, 0) is 6.42 Å². The normalized spacial score (nSPS) is 10.8. The Balaban J connectivity index is 1.79. The molecular weight excluding hydrogens is 303 g/mol. The minimum absolute atomic E-state index is 0.00993. The topological polar surface area (TPSA) is 62.0 Å². The number of H-pyrrole nitrogens is 1. The van der Waals surface area contributed by atoms with E-state index >= 15 is 0 Å². The molecule has 2 aromatic heterocycles. The van der Waals surface area contributed by atoms with Gasteiger partial charge in [-0.3, -0.25) is 9.59 Å². The number of hydrogen-bond acceptors (Lipinski definition) is 3. The van der Waals surface area contributed by atoms with Gasteiger partial charge < -0.3 is 10.3 Å². The zero-order valence-electron chi connectivity index (χ0n) is 11.6. The number of fused-ring (bicyclic) bond motifs is 1. The molecule has 1 amide bonds. The number of nitrogens with one attached hydrogen (secondary N) is 2. The van der Waals surface area contributed by atoms with Crippen LogP contribution in [-0.4, -0.2) is 17.4 Å². The van der Waals surface area contributed by atoms with Crippen molar-refractivity contribution in [2.75, 3.05) is 6.54 Å². The van der Waals surface area contributed by atoms with Crippen molar-refractivity contribution in [3.05, 3.63) is 68.4 Å². The van der Waals surface area contributed by atoms with Crippen LogP contribution in [0.15, 0.2) is 46.7 Å². The summed E-state index contributed by atoms with van der Waals surface area (Å²) in [4.78, 5) is 28.4. The Morgan fingerprint density at radius 1 is 1.32 bits per heavy atom. The van der Waals surface area contributed by atoms with Crippen molar-refractivity contribution in [2.24, 2.45) is 0 Å². The first-order chi connectivity index (χ1) is 10.6. The third-order valence-electron chi connectivity index (χ3n) is 3.32. The van der Waals surface area contributed by atoms with Crippen LogP contribution in [0.2, 0.25) is 0 Å². The second-order valence-electron chi connectivity index (χ2n) is 4.81. The van der Waals surface area contributed by atoms with Gasteiger partial charge in [-0.05, 0) is 36.1 Å². The number of aromatic amines is 1. The minimum Gasteiger partial charge on any atom is -0.360 e. The molecule has 0 spiro atoms. The van der Waals surface area contributed by atoms with Crippen LogP contribution in [0.25, 0.3) is 10.9 Å². The molecule has 2 heterocycles. The molecule has 0 bridgehead atoms. The van der Waals surface area contributed by atoms with Crippen molar-refractivity contribution in [1.82, 2.24) is 10.3 Å². The highest BCUT2D eigenvalue weighted by Gasteiger charge is 2.13. The highest BCUT2D eigenvalue weighted by molar-refractivity contribution is 7.09. The molecule has 0 atom stereocenters. The summed E-state index contributed by atoms with van der Waals surface area (Å²) < 4.78 is 13.3. The van der Waals surface area contributed by atoms with Gasteiger partial charge in [0, 0.05) is 28.5 Å². The molecule has 6 heteroatoms. The quantitative estimate of drug-likeness (QED) is 0.777. The molecule has 4 nitrogen and oxygen atoms in total. The first-order valence-electron chi connectivity index (χ1n) is 6.76. The summed E-state index contributed by atoms with van der Waals surface area (Å²) in [5, 5.41) is 4.86. The van der Waals surface area contributed by atoms with E-state index in [-0.39, 0.29) is 10.9 Å². The third-order valence-corrected chi connectivity index (χ3v) is 4.26. The van der Waals surface area contributed by atoms with Crippen LogP contribution in [0.3, 0.4) is 0 Å². The number of carbonyl (C=O) groups excluding carboxylic acids is 1. The number of benzene rings is 1. The van der Waals surface area contributed by atoms with Crippen molar-refractivity contribution in [3.63, 3.8) is 0 Å². The highest BCUT2D eigenvalue weighted by Crippen LogP contribution is 2.10. The molecule has 2 N–H and O–H groups in total. The van der Waals surface area contributed by atoms with E-state index in [1.165, 1.54) is 18.3 Å². The zero-order chi connectivity index (χ0) is 15.5. The van der Waals surface area contributed by atoms with Gasteiger partial charge in [0.15, 0.2) is 0 Å². The Morgan fingerprint density at radius 3 is 2.95 bits per heavy atom. The van der Waals surface area contributed by atoms with Crippen molar-refractivity contribution in [1.29, 1.82) is 0 Å². The predicted octanol–water partition coefficient (Wildman–Crippen LogP) is 2.70. The lowest BCUT2D eigenvalue weighted by molar-refractivity contribution is 0.0953. The number of halogens is 1. The number of amides is 1. The summed E-state index contributed by atoms with van der Waals surface area (Å²) in [6.45, 7) is 0.444. The number of carbonyl (C=O) groups is 1. The van der Waals surface area contributed by atoms with E-state index < -0.39 is 17.2 Å². The van der Waals surface area contributed by atoms with E-state index in [0.29, 0.717) is 18.5 Å².